The monoisotopic (exact) mass is 202 g/mol. The summed E-state index contributed by atoms with van der Waals surface area (Å²) in [6, 6.07) is 8.42. The summed E-state index contributed by atoms with van der Waals surface area (Å²) in [5.74, 6) is 0. The van der Waals surface area contributed by atoms with Gasteiger partial charge in [-0.15, -0.1) is 0 Å². The van der Waals surface area contributed by atoms with E-state index in [0.717, 1.165) is 12.8 Å². The van der Waals surface area contributed by atoms with E-state index in [0.29, 0.717) is 5.56 Å². The van der Waals surface area contributed by atoms with Crippen LogP contribution in [0.1, 0.15) is 12.5 Å². The Bertz CT molecular complexity index is 271. The summed E-state index contributed by atoms with van der Waals surface area (Å²) in [6.07, 6.45) is 0.476. The fourth-order valence-corrected chi connectivity index (χ4v) is 1.06. The highest BCUT2D eigenvalue weighted by Crippen LogP contribution is 2.23. The second-order valence-electron chi connectivity index (χ2n) is 3.03. The van der Waals surface area contributed by atoms with Gasteiger partial charge in [-0.1, -0.05) is 30.3 Å². The lowest BCUT2D eigenvalue weighted by Crippen LogP contribution is -2.07. The zero-order valence-corrected chi connectivity index (χ0v) is 8.27. The van der Waals surface area contributed by atoms with Gasteiger partial charge in [0.25, 0.3) is 0 Å². The molecule has 76 valence electrons. The molecule has 0 atom stereocenters. The maximum Gasteiger partial charge on any atom is 0.171 e. The van der Waals surface area contributed by atoms with Crippen LogP contribution >= 0.6 is 0 Å². The molecule has 0 spiro atoms. The number of hydrogen-bond donors (Lipinski definition) is 0. The van der Waals surface area contributed by atoms with E-state index in [-0.39, 0.29) is 6.10 Å². The van der Waals surface area contributed by atoms with Gasteiger partial charge in [0.05, 0.1) is 0 Å². The van der Waals surface area contributed by atoms with Gasteiger partial charge < -0.3 is 0 Å². The molecule has 3 nitrogen and oxygen atoms in total. The Kier molecular flexibility index (Phi) is 4.75. The van der Waals surface area contributed by atoms with E-state index in [1.54, 1.807) is 30.3 Å². The van der Waals surface area contributed by atoms with Gasteiger partial charge in [0.1, 0.15) is 12.2 Å². The molecular weight excluding hydrogens is 192 g/mol. The number of benzene rings is 1. The highest BCUT2D eigenvalue weighted by atomic mass is 16.3. The maximum atomic E-state index is 11.4. The molecule has 0 aromatic heterocycles. The second kappa shape index (κ2) is 5.85. The Morgan fingerprint density at radius 2 is 1.60 bits per heavy atom. The first kappa shape index (κ1) is 12.2. The Morgan fingerprint density at radius 1 is 1.00 bits per heavy atom. The van der Waals surface area contributed by atoms with Crippen molar-refractivity contribution in [2.45, 2.75) is 6.92 Å². The summed E-state index contributed by atoms with van der Waals surface area (Å²) in [5.41, 5.74) is 0.433. The molecular formula is C12H10O3. The largest absolute Gasteiger partial charge is 0.226 e. The average Bonchev–Trinajstić information content (AvgIpc) is 2.17. The van der Waals surface area contributed by atoms with Gasteiger partial charge in [-0.2, -0.15) is 0 Å². The summed E-state index contributed by atoms with van der Waals surface area (Å²) in [4.78, 5) is 0. The normalized spacial score (nSPS) is 11.7. The summed E-state index contributed by atoms with van der Waals surface area (Å²) in [7, 11) is 0. The van der Waals surface area contributed by atoms with E-state index in [4.69, 9.17) is 0 Å². The van der Waals surface area contributed by atoms with E-state index in [1.807, 2.05) is 0 Å². The highest BCUT2D eigenvalue weighted by molar-refractivity contribution is 5.34. The zero-order valence-electron chi connectivity index (χ0n) is 8.27. The number of hydrogen-bond acceptors (Lipinski definition) is 0. The first-order valence-corrected chi connectivity index (χ1v) is 4.43. The smallest absolute Gasteiger partial charge is 0.171 e. The van der Waals surface area contributed by atoms with Crippen LogP contribution in [0.2, 0.25) is 0 Å². The van der Waals surface area contributed by atoms with E-state index in [9.17, 15) is 15.3 Å². The predicted octanol–water partition coefficient (Wildman–Crippen LogP) is 2.35. The molecule has 0 saturated heterocycles. The highest BCUT2D eigenvalue weighted by Gasteiger charge is 2.21. The topological polar surface area (TPSA) is 59.7 Å². The molecule has 1 rings (SSSR count). The summed E-state index contributed by atoms with van der Waals surface area (Å²) in [6.45, 7) is 1.26. The van der Waals surface area contributed by atoms with Crippen molar-refractivity contribution in [2.75, 3.05) is 0 Å². The molecule has 15 heavy (non-hydrogen) atoms. The fourth-order valence-electron chi connectivity index (χ4n) is 1.06. The molecule has 3 heteroatoms. The molecule has 0 aliphatic carbocycles. The fraction of sp³-hybridized carbons (Fsp3) is 0.0833. The minimum Gasteiger partial charge on any atom is -0.226 e. The minimum absolute atomic E-state index is 0.364. The van der Waals surface area contributed by atoms with E-state index >= 15 is 0 Å². The van der Waals surface area contributed by atoms with E-state index in [2.05, 4.69) is 0 Å². The van der Waals surface area contributed by atoms with Crippen molar-refractivity contribution in [1.82, 2.24) is 0 Å². The van der Waals surface area contributed by atoms with Crippen LogP contribution in [0.15, 0.2) is 30.3 Å². The lowest BCUT2D eigenvalue weighted by molar-refractivity contribution is 0.170. The molecule has 1 aromatic carbocycles. The summed E-state index contributed by atoms with van der Waals surface area (Å²) < 4.78 is 0. The molecule has 0 amide bonds. The van der Waals surface area contributed by atoms with Crippen LogP contribution in [-0.4, -0.2) is 0 Å². The van der Waals surface area contributed by atoms with Gasteiger partial charge in [-0.3, -0.25) is 0 Å². The zero-order chi connectivity index (χ0) is 11.3. The van der Waals surface area contributed by atoms with E-state index in [1.165, 1.54) is 6.92 Å². The Labute approximate surface area is 90.0 Å². The Hall–Kier alpha value is -0.900. The van der Waals surface area contributed by atoms with Crippen LogP contribution in [0.4, 0.5) is 0 Å². The van der Waals surface area contributed by atoms with Gasteiger partial charge in [-0.05, 0) is 12.5 Å². The van der Waals surface area contributed by atoms with Gasteiger partial charge >= 0.3 is 0 Å². The van der Waals surface area contributed by atoms with Gasteiger partial charge in [0.15, 0.2) is 6.10 Å². The molecule has 1 aromatic rings. The second-order valence-corrected chi connectivity index (χ2v) is 3.03. The molecule has 0 aliphatic rings. The molecule has 8 radical (unpaired) electrons. The van der Waals surface area contributed by atoms with Crippen molar-refractivity contribution >= 4 is 0 Å². The average molecular weight is 202 g/mol. The van der Waals surface area contributed by atoms with Crippen molar-refractivity contribution in [1.29, 1.82) is 0 Å². The van der Waals surface area contributed by atoms with Crippen molar-refractivity contribution in [3.8, 4) is 0 Å². The first-order chi connectivity index (χ1) is 7.09. The molecule has 0 aliphatic heterocycles. The van der Waals surface area contributed by atoms with Crippen molar-refractivity contribution < 1.29 is 15.3 Å². The van der Waals surface area contributed by atoms with Crippen LogP contribution in [0, 0.1) is 31.2 Å². The predicted molar refractivity (Wildman–Crippen MR) is 51.6 cm³/mol. The molecule has 0 heterocycles. The van der Waals surface area contributed by atoms with Crippen LogP contribution in [-0.2, 0) is 15.3 Å². The molecule has 0 unspecified atom stereocenters. The van der Waals surface area contributed by atoms with Crippen LogP contribution in [0.5, 0.6) is 0 Å². The van der Waals surface area contributed by atoms with Crippen LogP contribution in [0.3, 0.4) is 0 Å². The lowest BCUT2D eigenvalue weighted by atomic mass is 10.0. The molecule has 0 saturated carbocycles. The summed E-state index contributed by atoms with van der Waals surface area (Å²) >= 11 is 0. The standard InChI is InChI=1S/C12H10O3/c1-9(13)7-11(14)8-12(15)10-5-3-2-4-6-10/h2-8H,1H3. The van der Waals surface area contributed by atoms with Gasteiger partial charge in [0, 0.05) is 12.8 Å². The van der Waals surface area contributed by atoms with Crippen LogP contribution < -0.4 is 0 Å². The quantitative estimate of drug-likeness (QED) is 0.703. The Balaban J connectivity index is 2.45. The van der Waals surface area contributed by atoms with Crippen molar-refractivity contribution in [2.24, 2.45) is 0 Å². The van der Waals surface area contributed by atoms with Gasteiger partial charge in [-0.25, -0.2) is 15.3 Å². The minimum atomic E-state index is -0.573. The Morgan fingerprint density at radius 3 is 2.13 bits per heavy atom. The molecule has 0 fully saturated rings. The van der Waals surface area contributed by atoms with E-state index < -0.39 is 12.2 Å². The number of rotatable bonds is 5. The van der Waals surface area contributed by atoms with Crippen molar-refractivity contribution in [3.63, 3.8) is 0 Å². The van der Waals surface area contributed by atoms with Crippen molar-refractivity contribution in [3.05, 3.63) is 67.0 Å². The third-order valence-electron chi connectivity index (χ3n) is 1.68. The maximum absolute atomic E-state index is 11.4. The first-order valence-electron chi connectivity index (χ1n) is 4.43. The SMILES string of the molecule is C[C]([O])[CH][C]([O])[CH][C]([O])c1ccccc1. The summed E-state index contributed by atoms with van der Waals surface area (Å²) in [5, 5.41) is 33.1. The molecule has 0 N–H and O–H groups in total. The third kappa shape index (κ3) is 4.42. The van der Waals surface area contributed by atoms with Crippen LogP contribution in [0.25, 0.3) is 0 Å². The third-order valence-corrected chi connectivity index (χ3v) is 1.68. The molecule has 0 bridgehead atoms. The van der Waals surface area contributed by atoms with Gasteiger partial charge in [0.2, 0.25) is 0 Å². The lowest BCUT2D eigenvalue weighted by Gasteiger charge is -2.09.